The standard InChI is InChI=1S/C10H14N2O2S/c1-3-9(13)11-7-5-15-6-8(7)12-10(14)4-2/h5-6H,3-4H2,1-2H3,(H,11,13)(H,12,14). The normalized spacial score (nSPS) is 9.73. The van der Waals surface area contributed by atoms with Crippen LogP contribution in [-0.2, 0) is 9.59 Å². The number of carbonyl (C=O) groups is 2. The van der Waals surface area contributed by atoms with E-state index in [1.165, 1.54) is 11.3 Å². The van der Waals surface area contributed by atoms with Crippen LogP contribution < -0.4 is 10.6 Å². The lowest BCUT2D eigenvalue weighted by molar-refractivity contribution is -0.116. The first kappa shape index (κ1) is 11.7. The van der Waals surface area contributed by atoms with Crippen molar-refractivity contribution in [2.75, 3.05) is 10.6 Å². The van der Waals surface area contributed by atoms with Crippen molar-refractivity contribution >= 4 is 34.5 Å². The van der Waals surface area contributed by atoms with Gasteiger partial charge in [0, 0.05) is 23.6 Å². The molecule has 82 valence electrons. The largest absolute Gasteiger partial charge is 0.324 e. The second-order valence-corrected chi connectivity index (χ2v) is 3.75. The second-order valence-electron chi connectivity index (χ2n) is 3.00. The predicted molar refractivity (Wildman–Crippen MR) is 62.2 cm³/mol. The maximum absolute atomic E-state index is 11.2. The van der Waals surface area contributed by atoms with Gasteiger partial charge >= 0.3 is 0 Å². The molecule has 1 aromatic heterocycles. The van der Waals surface area contributed by atoms with E-state index in [9.17, 15) is 9.59 Å². The molecule has 0 atom stereocenters. The molecule has 1 heterocycles. The molecule has 2 N–H and O–H groups in total. The molecule has 2 amide bonds. The van der Waals surface area contributed by atoms with Gasteiger partial charge in [-0.25, -0.2) is 0 Å². The van der Waals surface area contributed by atoms with Crippen molar-refractivity contribution < 1.29 is 9.59 Å². The van der Waals surface area contributed by atoms with Gasteiger partial charge in [-0.3, -0.25) is 9.59 Å². The summed E-state index contributed by atoms with van der Waals surface area (Å²) in [6, 6.07) is 0. The van der Waals surface area contributed by atoms with Crippen LogP contribution in [0, 0.1) is 0 Å². The van der Waals surface area contributed by atoms with E-state index >= 15 is 0 Å². The van der Waals surface area contributed by atoms with Gasteiger partial charge < -0.3 is 10.6 Å². The monoisotopic (exact) mass is 226 g/mol. The Bertz CT molecular complexity index is 328. The molecule has 0 aliphatic carbocycles. The average molecular weight is 226 g/mol. The number of hydrogen-bond acceptors (Lipinski definition) is 3. The number of hydrogen-bond donors (Lipinski definition) is 2. The van der Waals surface area contributed by atoms with Gasteiger partial charge in [-0.1, -0.05) is 13.8 Å². The molecule has 0 aromatic carbocycles. The van der Waals surface area contributed by atoms with Crippen LogP contribution in [0.5, 0.6) is 0 Å². The minimum absolute atomic E-state index is 0.0552. The highest BCUT2D eigenvalue weighted by atomic mass is 32.1. The third-order valence-corrected chi connectivity index (χ3v) is 2.60. The molecule has 1 rings (SSSR count). The van der Waals surface area contributed by atoms with Crippen LogP contribution in [0.15, 0.2) is 10.8 Å². The SMILES string of the molecule is CCC(=O)Nc1cscc1NC(=O)CC. The number of rotatable bonds is 4. The zero-order chi connectivity index (χ0) is 11.3. The number of anilines is 2. The third kappa shape index (κ3) is 3.36. The fourth-order valence-corrected chi connectivity index (χ4v) is 1.68. The Hall–Kier alpha value is -1.36. The van der Waals surface area contributed by atoms with Crippen LogP contribution in [0.1, 0.15) is 26.7 Å². The predicted octanol–water partition coefficient (Wildman–Crippen LogP) is 2.45. The summed E-state index contributed by atoms with van der Waals surface area (Å²) >= 11 is 1.44. The lowest BCUT2D eigenvalue weighted by Gasteiger charge is -2.06. The Morgan fingerprint density at radius 3 is 1.80 bits per heavy atom. The van der Waals surface area contributed by atoms with Crippen LogP contribution in [0.25, 0.3) is 0 Å². The van der Waals surface area contributed by atoms with Crippen molar-refractivity contribution in [3.8, 4) is 0 Å². The van der Waals surface area contributed by atoms with Crippen molar-refractivity contribution in [1.29, 1.82) is 0 Å². The second kappa shape index (κ2) is 5.50. The topological polar surface area (TPSA) is 58.2 Å². The molecule has 0 saturated carbocycles. The molecule has 4 nitrogen and oxygen atoms in total. The third-order valence-electron chi connectivity index (χ3n) is 1.85. The first-order chi connectivity index (χ1) is 7.17. The summed E-state index contributed by atoms with van der Waals surface area (Å²) in [7, 11) is 0. The molecule has 0 unspecified atom stereocenters. The average Bonchev–Trinajstić information content (AvgIpc) is 2.65. The van der Waals surface area contributed by atoms with E-state index in [-0.39, 0.29) is 11.8 Å². The van der Waals surface area contributed by atoms with E-state index in [1.807, 2.05) is 0 Å². The lowest BCUT2D eigenvalue weighted by Crippen LogP contribution is -2.13. The first-order valence-electron chi connectivity index (χ1n) is 4.83. The van der Waals surface area contributed by atoms with Crippen molar-refractivity contribution in [3.05, 3.63) is 10.8 Å². The number of carbonyl (C=O) groups excluding carboxylic acids is 2. The molecule has 0 spiro atoms. The Kier molecular flexibility index (Phi) is 4.30. The summed E-state index contributed by atoms with van der Waals surface area (Å²) in [4.78, 5) is 22.3. The van der Waals surface area contributed by atoms with Crippen LogP contribution >= 0.6 is 11.3 Å². The van der Waals surface area contributed by atoms with Crippen molar-refractivity contribution in [1.82, 2.24) is 0 Å². The quantitative estimate of drug-likeness (QED) is 0.828. The highest BCUT2D eigenvalue weighted by molar-refractivity contribution is 7.09. The van der Waals surface area contributed by atoms with Crippen molar-refractivity contribution in [3.63, 3.8) is 0 Å². The molecular formula is C10H14N2O2S. The Morgan fingerprint density at radius 1 is 1.07 bits per heavy atom. The Labute approximate surface area is 92.7 Å². The molecule has 5 heteroatoms. The Morgan fingerprint density at radius 2 is 1.47 bits per heavy atom. The molecule has 0 bridgehead atoms. The molecule has 1 aromatic rings. The summed E-state index contributed by atoms with van der Waals surface area (Å²) in [5.41, 5.74) is 1.35. The summed E-state index contributed by atoms with van der Waals surface area (Å²) in [6.45, 7) is 3.57. The van der Waals surface area contributed by atoms with Crippen LogP contribution in [0.2, 0.25) is 0 Å². The van der Waals surface area contributed by atoms with E-state index in [0.717, 1.165) is 0 Å². The van der Waals surface area contributed by atoms with Gasteiger partial charge in [-0.15, -0.1) is 11.3 Å². The summed E-state index contributed by atoms with van der Waals surface area (Å²) in [5.74, 6) is -0.110. The maximum Gasteiger partial charge on any atom is 0.224 e. The zero-order valence-corrected chi connectivity index (χ0v) is 9.61. The number of amides is 2. The van der Waals surface area contributed by atoms with E-state index in [2.05, 4.69) is 10.6 Å². The van der Waals surface area contributed by atoms with Gasteiger partial charge in [0.1, 0.15) is 0 Å². The fraction of sp³-hybridized carbons (Fsp3) is 0.400. The summed E-state index contributed by atoms with van der Waals surface area (Å²) in [5, 5.41) is 9.06. The van der Waals surface area contributed by atoms with Gasteiger partial charge in [0.15, 0.2) is 0 Å². The van der Waals surface area contributed by atoms with Gasteiger partial charge in [0.25, 0.3) is 0 Å². The van der Waals surface area contributed by atoms with E-state index in [1.54, 1.807) is 24.6 Å². The highest BCUT2D eigenvalue weighted by Gasteiger charge is 2.08. The summed E-state index contributed by atoms with van der Waals surface area (Å²) in [6.07, 6.45) is 0.855. The van der Waals surface area contributed by atoms with Crippen LogP contribution in [-0.4, -0.2) is 11.8 Å². The molecule has 15 heavy (non-hydrogen) atoms. The van der Waals surface area contributed by atoms with Gasteiger partial charge in [0.2, 0.25) is 11.8 Å². The fourth-order valence-electron chi connectivity index (χ4n) is 0.968. The van der Waals surface area contributed by atoms with Crippen molar-refractivity contribution in [2.45, 2.75) is 26.7 Å². The van der Waals surface area contributed by atoms with Gasteiger partial charge in [-0.2, -0.15) is 0 Å². The molecule has 0 aliphatic heterocycles. The van der Waals surface area contributed by atoms with Gasteiger partial charge in [-0.05, 0) is 0 Å². The smallest absolute Gasteiger partial charge is 0.224 e. The van der Waals surface area contributed by atoms with Crippen LogP contribution in [0.4, 0.5) is 11.4 Å². The van der Waals surface area contributed by atoms with E-state index in [0.29, 0.717) is 24.2 Å². The van der Waals surface area contributed by atoms with Crippen molar-refractivity contribution in [2.24, 2.45) is 0 Å². The number of nitrogens with one attached hydrogen (secondary N) is 2. The minimum atomic E-state index is -0.0552. The molecular weight excluding hydrogens is 212 g/mol. The maximum atomic E-state index is 11.2. The lowest BCUT2D eigenvalue weighted by atomic mass is 10.3. The molecule has 0 aliphatic rings. The summed E-state index contributed by atoms with van der Waals surface area (Å²) < 4.78 is 0. The molecule has 0 fully saturated rings. The van der Waals surface area contributed by atoms with Gasteiger partial charge in [0.05, 0.1) is 11.4 Å². The Balaban J connectivity index is 2.69. The first-order valence-corrected chi connectivity index (χ1v) is 5.77. The number of thiophene rings is 1. The van der Waals surface area contributed by atoms with E-state index in [4.69, 9.17) is 0 Å². The van der Waals surface area contributed by atoms with E-state index < -0.39 is 0 Å². The van der Waals surface area contributed by atoms with Crippen LogP contribution in [0.3, 0.4) is 0 Å². The zero-order valence-electron chi connectivity index (χ0n) is 8.79. The molecule has 0 radical (unpaired) electrons. The highest BCUT2D eigenvalue weighted by Crippen LogP contribution is 2.26. The molecule has 0 saturated heterocycles. The minimum Gasteiger partial charge on any atom is -0.324 e.